The van der Waals surface area contributed by atoms with Crippen LogP contribution in [0.5, 0.6) is 0 Å². The van der Waals surface area contributed by atoms with E-state index in [0.717, 1.165) is 0 Å². The molecule has 0 aromatic carbocycles. The second-order valence-electron chi connectivity index (χ2n) is 8.78. The molecule has 3 aliphatic rings. The maximum absolute atomic E-state index is 12.3. The number of aliphatic hydroxyl groups is 2. The first kappa shape index (κ1) is 23.9. The van der Waals surface area contributed by atoms with E-state index in [-0.39, 0.29) is 38.0 Å². The van der Waals surface area contributed by atoms with Crippen LogP contribution in [0.15, 0.2) is 0 Å². The molecule has 3 rings (SSSR count). The van der Waals surface area contributed by atoms with E-state index < -0.39 is 47.4 Å². The number of aliphatic hydroxyl groups excluding tert-OH is 2. The van der Waals surface area contributed by atoms with Gasteiger partial charge in [0.15, 0.2) is 0 Å². The van der Waals surface area contributed by atoms with Crippen LogP contribution >= 0.6 is 0 Å². The average molecular weight is 444 g/mol. The fourth-order valence-electron chi connectivity index (χ4n) is 5.02. The van der Waals surface area contributed by atoms with E-state index in [0.29, 0.717) is 38.7 Å². The van der Waals surface area contributed by atoms with Gasteiger partial charge in [-0.2, -0.15) is 5.48 Å². The van der Waals surface area contributed by atoms with Crippen LogP contribution in [-0.2, 0) is 24.0 Å². The van der Waals surface area contributed by atoms with Gasteiger partial charge in [-0.3, -0.25) is 19.2 Å². The third-order valence-corrected chi connectivity index (χ3v) is 6.83. The Morgan fingerprint density at radius 1 is 1.00 bits per heavy atom. The highest BCUT2D eigenvalue weighted by Crippen LogP contribution is 2.43. The highest BCUT2D eigenvalue weighted by Gasteiger charge is 2.58. The summed E-state index contributed by atoms with van der Waals surface area (Å²) in [6.45, 7) is 0.766. The lowest BCUT2D eigenvalue weighted by Gasteiger charge is -2.55. The SMILES string of the molecule is O=C(O)C1CC(O)CCC1C(=O)NCCOCCC1ONC12CCC(O)CC2C(=O)O. The summed E-state index contributed by atoms with van der Waals surface area (Å²) in [6, 6.07) is 0. The van der Waals surface area contributed by atoms with E-state index in [1.807, 2.05) is 0 Å². The number of ether oxygens (including phenoxy) is 1. The lowest BCUT2D eigenvalue weighted by molar-refractivity contribution is -0.264. The van der Waals surface area contributed by atoms with E-state index in [1.165, 1.54) is 0 Å². The van der Waals surface area contributed by atoms with Gasteiger partial charge in [-0.05, 0) is 38.5 Å². The summed E-state index contributed by atoms with van der Waals surface area (Å²) in [7, 11) is 0. The van der Waals surface area contributed by atoms with Crippen molar-refractivity contribution >= 4 is 17.8 Å². The molecule has 1 spiro atoms. The zero-order valence-corrected chi connectivity index (χ0v) is 17.4. The summed E-state index contributed by atoms with van der Waals surface area (Å²) in [5.74, 6) is -4.67. The van der Waals surface area contributed by atoms with Gasteiger partial charge in [-0.1, -0.05) is 0 Å². The minimum absolute atomic E-state index is 0.0788. The first-order valence-corrected chi connectivity index (χ1v) is 10.8. The van der Waals surface area contributed by atoms with Gasteiger partial charge in [0.1, 0.15) is 6.10 Å². The van der Waals surface area contributed by atoms with Crippen molar-refractivity contribution in [1.29, 1.82) is 0 Å². The van der Waals surface area contributed by atoms with Crippen LogP contribution < -0.4 is 10.8 Å². The van der Waals surface area contributed by atoms with Gasteiger partial charge in [-0.25, -0.2) is 0 Å². The predicted octanol–water partition coefficient (Wildman–Crippen LogP) is -0.741. The monoisotopic (exact) mass is 444 g/mol. The molecule has 176 valence electrons. The second-order valence-corrected chi connectivity index (χ2v) is 8.78. The van der Waals surface area contributed by atoms with E-state index >= 15 is 0 Å². The summed E-state index contributed by atoms with van der Waals surface area (Å²) < 4.78 is 5.54. The average Bonchev–Trinajstić information content (AvgIpc) is 2.71. The van der Waals surface area contributed by atoms with Crippen molar-refractivity contribution in [3.63, 3.8) is 0 Å². The quantitative estimate of drug-likeness (QED) is 0.248. The first-order valence-electron chi connectivity index (χ1n) is 10.8. The molecule has 2 saturated carbocycles. The molecule has 31 heavy (non-hydrogen) atoms. The van der Waals surface area contributed by atoms with Crippen LogP contribution in [0.1, 0.15) is 44.9 Å². The number of amides is 1. The molecule has 3 fully saturated rings. The number of carboxylic acids is 2. The number of hydrogen-bond acceptors (Lipinski definition) is 8. The van der Waals surface area contributed by atoms with Crippen molar-refractivity contribution < 1.29 is 44.4 Å². The summed E-state index contributed by atoms with van der Waals surface area (Å²) >= 11 is 0. The van der Waals surface area contributed by atoms with Crippen LogP contribution in [-0.4, -0.2) is 81.9 Å². The number of carbonyl (C=O) groups excluding carboxylic acids is 1. The van der Waals surface area contributed by atoms with E-state index in [9.17, 15) is 34.8 Å². The third-order valence-electron chi connectivity index (χ3n) is 6.83. The molecule has 1 amide bonds. The van der Waals surface area contributed by atoms with E-state index in [1.54, 1.807) is 0 Å². The Morgan fingerprint density at radius 3 is 2.39 bits per heavy atom. The molecule has 0 bridgehead atoms. The minimum Gasteiger partial charge on any atom is -0.481 e. The van der Waals surface area contributed by atoms with Crippen LogP contribution in [0, 0.1) is 17.8 Å². The Hall–Kier alpha value is -1.79. The topological polar surface area (TPSA) is 175 Å². The number of rotatable bonds is 9. The van der Waals surface area contributed by atoms with Gasteiger partial charge in [0, 0.05) is 19.6 Å². The minimum atomic E-state index is -1.08. The molecule has 11 nitrogen and oxygen atoms in total. The lowest BCUT2D eigenvalue weighted by Crippen LogP contribution is -2.73. The molecule has 0 aromatic heterocycles. The second kappa shape index (κ2) is 10.2. The maximum atomic E-state index is 12.3. The standard InChI is InChI=1S/C20H32N2O9/c23-11-1-2-13(14(9-11)18(26)27)17(25)21-6-8-30-7-4-16-20(22-31-16)5-3-12(24)10-15(20)19(28)29/h11-16,22-24H,1-10H2,(H,21,25)(H,26,27)(H,28,29). The third kappa shape index (κ3) is 5.35. The van der Waals surface area contributed by atoms with E-state index in [4.69, 9.17) is 9.57 Å². The molecule has 1 saturated heterocycles. The number of aliphatic carboxylic acids is 2. The van der Waals surface area contributed by atoms with Crippen molar-refractivity contribution in [2.24, 2.45) is 17.8 Å². The molecule has 7 unspecified atom stereocenters. The van der Waals surface area contributed by atoms with E-state index in [2.05, 4.69) is 10.8 Å². The summed E-state index contributed by atoms with van der Waals surface area (Å²) in [4.78, 5) is 40.7. The molecule has 2 aliphatic carbocycles. The number of hydrogen-bond donors (Lipinski definition) is 6. The zero-order chi connectivity index (χ0) is 22.6. The van der Waals surface area contributed by atoms with Gasteiger partial charge in [0.25, 0.3) is 0 Å². The Bertz CT molecular complexity index is 675. The molecular formula is C20H32N2O9. The molecular weight excluding hydrogens is 412 g/mol. The number of carboxylic acid groups (broad SMARTS) is 2. The molecule has 0 radical (unpaired) electrons. The van der Waals surface area contributed by atoms with Crippen LogP contribution in [0.2, 0.25) is 0 Å². The van der Waals surface area contributed by atoms with Crippen LogP contribution in [0.3, 0.4) is 0 Å². The Labute approximate surface area is 180 Å². The molecule has 0 aromatic rings. The first-order chi connectivity index (χ1) is 14.7. The Balaban J connectivity index is 1.36. The molecule has 11 heteroatoms. The predicted molar refractivity (Wildman–Crippen MR) is 105 cm³/mol. The normalized spacial score (nSPS) is 37.7. The van der Waals surface area contributed by atoms with Gasteiger partial charge in [0.2, 0.25) is 5.91 Å². The molecule has 7 atom stereocenters. The highest BCUT2D eigenvalue weighted by molar-refractivity contribution is 5.84. The Morgan fingerprint density at radius 2 is 1.74 bits per heavy atom. The Kier molecular flexibility index (Phi) is 7.87. The number of nitrogens with one attached hydrogen (secondary N) is 2. The molecule has 1 aliphatic heterocycles. The summed E-state index contributed by atoms with van der Waals surface area (Å²) in [5.41, 5.74) is 2.12. The van der Waals surface area contributed by atoms with Crippen molar-refractivity contribution in [2.45, 2.75) is 68.8 Å². The van der Waals surface area contributed by atoms with Gasteiger partial charge < -0.3 is 30.5 Å². The van der Waals surface area contributed by atoms with Crippen LogP contribution in [0.4, 0.5) is 0 Å². The number of hydroxylamine groups is 1. The highest BCUT2D eigenvalue weighted by atomic mass is 16.7. The fraction of sp³-hybridized carbons (Fsp3) is 0.850. The zero-order valence-electron chi connectivity index (χ0n) is 17.4. The lowest BCUT2D eigenvalue weighted by atomic mass is 9.67. The van der Waals surface area contributed by atoms with Gasteiger partial charge in [0.05, 0.1) is 42.1 Å². The summed E-state index contributed by atoms with van der Waals surface area (Å²) in [6.07, 6.45) is 0.855. The molecule has 6 N–H and O–H groups in total. The largest absolute Gasteiger partial charge is 0.481 e. The van der Waals surface area contributed by atoms with Crippen molar-refractivity contribution in [2.75, 3.05) is 19.8 Å². The fourth-order valence-corrected chi connectivity index (χ4v) is 5.02. The van der Waals surface area contributed by atoms with Gasteiger partial charge >= 0.3 is 11.9 Å². The smallest absolute Gasteiger partial charge is 0.308 e. The van der Waals surface area contributed by atoms with Crippen molar-refractivity contribution in [1.82, 2.24) is 10.8 Å². The van der Waals surface area contributed by atoms with Crippen molar-refractivity contribution in [3.8, 4) is 0 Å². The van der Waals surface area contributed by atoms with Crippen molar-refractivity contribution in [3.05, 3.63) is 0 Å². The summed E-state index contributed by atoms with van der Waals surface area (Å²) in [5, 5.41) is 40.9. The van der Waals surface area contributed by atoms with Crippen LogP contribution in [0.25, 0.3) is 0 Å². The van der Waals surface area contributed by atoms with Gasteiger partial charge in [-0.15, -0.1) is 0 Å². The molecule has 1 heterocycles. The maximum Gasteiger partial charge on any atom is 0.308 e. The number of carbonyl (C=O) groups is 3.